The van der Waals surface area contributed by atoms with Crippen molar-refractivity contribution in [1.29, 1.82) is 0 Å². The van der Waals surface area contributed by atoms with Crippen LogP contribution in [0.2, 0.25) is 0 Å². The number of rotatable bonds is 5. The highest BCUT2D eigenvalue weighted by molar-refractivity contribution is 5.78. The first-order valence-corrected chi connectivity index (χ1v) is 7.34. The van der Waals surface area contributed by atoms with Crippen molar-refractivity contribution < 1.29 is 4.79 Å². The molecule has 0 saturated carbocycles. The zero-order valence-electron chi connectivity index (χ0n) is 12.6. The normalized spacial score (nSPS) is 20.9. The highest BCUT2D eigenvalue weighted by Gasteiger charge is 2.23. The molecule has 1 saturated heterocycles. The number of carbonyl (C=O) groups excluding carboxylic acids is 1. The maximum absolute atomic E-state index is 12.1. The summed E-state index contributed by atoms with van der Waals surface area (Å²) in [7, 11) is 1.98. The Morgan fingerprint density at radius 1 is 1.45 bits per heavy atom. The van der Waals surface area contributed by atoms with Gasteiger partial charge in [-0.25, -0.2) is 0 Å². The topological polar surface area (TPSA) is 44.4 Å². The van der Waals surface area contributed by atoms with Crippen LogP contribution in [0.3, 0.4) is 0 Å². The van der Waals surface area contributed by atoms with Gasteiger partial charge in [0.15, 0.2) is 0 Å². The zero-order valence-corrected chi connectivity index (χ0v) is 12.6. The molecule has 1 heterocycles. The maximum atomic E-state index is 12.1. The Bertz CT molecular complexity index is 461. The highest BCUT2D eigenvalue weighted by Crippen LogP contribution is 2.16. The van der Waals surface area contributed by atoms with Gasteiger partial charge in [-0.1, -0.05) is 24.3 Å². The van der Waals surface area contributed by atoms with Crippen LogP contribution in [0.25, 0.3) is 0 Å². The van der Waals surface area contributed by atoms with Gasteiger partial charge in [0.25, 0.3) is 0 Å². The van der Waals surface area contributed by atoms with Crippen molar-refractivity contribution in [2.45, 2.75) is 32.4 Å². The van der Waals surface area contributed by atoms with E-state index in [1.165, 1.54) is 11.1 Å². The first kappa shape index (κ1) is 15.0. The average Bonchev–Trinajstić information content (AvgIpc) is 2.86. The molecule has 4 nitrogen and oxygen atoms in total. The monoisotopic (exact) mass is 275 g/mol. The molecule has 0 aromatic heterocycles. The molecule has 1 aromatic rings. The van der Waals surface area contributed by atoms with Gasteiger partial charge in [0.1, 0.15) is 0 Å². The van der Waals surface area contributed by atoms with Gasteiger partial charge in [-0.2, -0.15) is 0 Å². The van der Waals surface area contributed by atoms with Gasteiger partial charge in [-0.05, 0) is 38.4 Å². The summed E-state index contributed by atoms with van der Waals surface area (Å²) in [5, 5.41) is 6.36. The number of benzene rings is 1. The Morgan fingerprint density at radius 3 is 2.85 bits per heavy atom. The lowest BCUT2D eigenvalue weighted by Gasteiger charge is -2.20. The van der Waals surface area contributed by atoms with E-state index in [1.807, 2.05) is 26.1 Å². The summed E-state index contributed by atoms with van der Waals surface area (Å²) >= 11 is 0. The molecule has 1 amide bonds. The molecule has 1 aliphatic heterocycles. The second-order valence-electron chi connectivity index (χ2n) is 5.66. The van der Waals surface area contributed by atoms with Gasteiger partial charge >= 0.3 is 0 Å². The van der Waals surface area contributed by atoms with Gasteiger partial charge in [-0.3, -0.25) is 9.69 Å². The first-order valence-electron chi connectivity index (χ1n) is 7.34. The summed E-state index contributed by atoms with van der Waals surface area (Å²) in [5.74, 6) is 0.109. The third-order valence-corrected chi connectivity index (χ3v) is 4.08. The molecule has 110 valence electrons. The zero-order chi connectivity index (χ0) is 14.5. The largest absolute Gasteiger partial charge is 0.348 e. The molecule has 1 aromatic carbocycles. The summed E-state index contributed by atoms with van der Waals surface area (Å²) < 4.78 is 0. The van der Waals surface area contributed by atoms with Gasteiger partial charge in [0.05, 0.1) is 12.6 Å². The van der Waals surface area contributed by atoms with Crippen molar-refractivity contribution in [1.82, 2.24) is 15.5 Å². The third kappa shape index (κ3) is 3.81. The number of carbonyl (C=O) groups is 1. The predicted molar refractivity (Wildman–Crippen MR) is 81.6 cm³/mol. The number of hydrogen-bond acceptors (Lipinski definition) is 3. The van der Waals surface area contributed by atoms with E-state index in [2.05, 4.69) is 34.6 Å². The summed E-state index contributed by atoms with van der Waals surface area (Å²) in [4.78, 5) is 14.3. The van der Waals surface area contributed by atoms with E-state index in [0.717, 1.165) is 19.5 Å². The lowest BCUT2D eigenvalue weighted by atomic mass is 10.0. The number of aryl methyl sites for hydroxylation is 1. The molecule has 4 heteroatoms. The predicted octanol–water partition coefficient (Wildman–Crippen LogP) is 1.47. The van der Waals surface area contributed by atoms with Crippen LogP contribution in [-0.4, -0.2) is 43.5 Å². The fourth-order valence-corrected chi connectivity index (χ4v) is 2.85. The van der Waals surface area contributed by atoms with Crippen molar-refractivity contribution >= 4 is 5.91 Å². The summed E-state index contributed by atoms with van der Waals surface area (Å²) in [6.45, 7) is 6.57. The van der Waals surface area contributed by atoms with E-state index >= 15 is 0 Å². The van der Waals surface area contributed by atoms with Crippen LogP contribution >= 0.6 is 0 Å². The van der Waals surface area contributed by atoms with Gasteiger partial charge in [0.2, 0.25) is 5.91 Å². The Hall–Kier alpha value is -1.39. The number of likely N-dealkylation sites (tertiary alicyclic amines) is 1. The lowest BCUT2D eigenvalue weighted by Crippen LogP contribution is -2.38. The molecule has 2 rings (SSSR count). The van der Waals surface area contributed by atoms with Crippen molar-refractivity contribution in [3.05, 3.63) is 35.4 Å². The molecule has 0 spiro atoms. The minimum Gasteiger partial charge on any atom is -0.348 e. The standard InChI is InChI=1S/C16H25N3O/c1-12-6-4-5-7-15(12)13(2)18-16(20)11-19-9-8-14(10-19)17-3/h4-7,13-14,17H,8-11H2,1-3H3,(H,18,20). The van der Waals surface area contributed by atoms with Crippen molar-refractivity contribution in [3.63, 3.8) is 0 Å². The van der Waals surface area contributed by atoms with E-state index in [9.17, 15) is 4.79 Å². The Kier molecular flexibility index (Phi) is 5.15. The van der Waals surface area contributed by atoms with E-state index in [1.54, 1.807) is 0 Å². The summed E-state index contributed by atoms with van der Waals surface area (Å²) in [6, 6.07) is 8.78. The molecule has 1 fully saturated rings. The highest BCUT2D eigenvalue weighted by atomic mass is 16.2. The first-order chi connectivity index (χ1) is 9.60. The van der Waals surface area contributed by atoms with E-state index < -0.39 is 0 Å². The number of nitrogens with zero attached hydrogens (tertiary/aromatic N) is 1. The molecule has 2 unspecified atom stereocenters. The minimum absolute atomic E-state index is 0.0615. The number of nitrogens with one attached hydrogen (secondary N) is 2. The van der Waals surface area contributed by atoms with Crippen molar-refractivity contribution in [2.75, 3.05) is 26.7 Å². The molecule has 2 N–H and O–H groups in total. The average molecular weight is 275 g/mol. The summed E-state index contributed by atoms with van der Waals surface area (Å²) in [5.41, 5.74) is 2.41. The van der Waals surface area contributed by atoms with E-state index in [-0.39, 0.29) is 11.9 Å². The molecular weight excluding hydrogens is 250 g/mol. The van der Waals surface area contributed by atoms with Crippen molar-refractivity contribution in [2.24, 2.45) is 0 Å². The molecule has 1 aliphatic rings. The van der Waals surface area contributed by atoms with Gasteiger partial charge in [0, 0.05) is 19.1 Å². The van der Waals surface area contributed by atoms with Crippen LogP contribution in [-0.2, 0) is 4.79 Å². The van der Waals surface area contributed by atoms with Crippen LogP contribution in [0.4, 0.5) is 0 Å². The number of hydrogen-bond donors (Lipinski definition) is 2. The van der Waals surface area contributed by atoms with Crippen molar-refractivity contribution in [3.8, 4) is 0 Å². The SMILES string of the molecule is CNC1CCN(CC(=O)NC(C)c2ccccc2C)C1. The molecule has 0 bridgehead atoms. The second-order valence-corrected chi connectivity index (χ2v) is 5.66. The van der Waals surface area contributed by atoms with Gasteiger partial charge in [-0.15, -0.1) is 0 Å². The summed E-state index contributed by atoms with van der Waals surface area (Å²) in [6.07, 6.45) is 1.12. The Labute approximate surface area is 121 Å². The van der Waals surface area contributed by atoms with Crippen LogP contribution in [0.5, 0.6) is 0 Å². The third-order valence-electron chi connectivity index (χ3n) is 4.08. The minimum atomic E-state index is 0.0615. The quantitative estimate of drug-likeness (QED) is 0.855. The number of likely N-dealkylation sites (N-methyl/N-ethyl adjacent to an activating group) is 1. The Morgan fingerprint density at radius 2 is 2.20 bits per heavy atom. The molecule has 20 heavy (non-hydrogen) atoms. The molecule has 0 radical (unpaired) electrons. The number of amides is 1. The van der Waals surface area contributed by atoms with Crippen LogP contribution in [0.15, 0.2) is 24.3 Å². The fourth-order valence-electron chi connectivity index (χ4n) is 2.85. The Balaban J connectivity index is 1.84. The van der Waals surface area contributed by atoms with Crippen LogP contribution in [0.1, 0.15) is 30.5 Å². The van der Waals surface area contributed by atoms with Gasteiger partial charge < -0.3 is 10.6 Å². The van der Waals surface area contributed by atoms with E-state index in [0.29, 0.717) is 12.6 Å². The lowest BCUT2D eigenvalue weighted by molar-refractivity contribution is -0.122. The molecule has 0 aliphatic carbocycles. The second kappa shape index (κ2) is 6.86. The van der Waals surface area contributed by atoms with Crippen LogP contribution in [0, 0.1) is 6.92 Å². The fraction of sp³-hybridized carbons (Fsp3) is 0.562. The smallest absolute Gasteiger partial charge is 0.234 e. The van der Waals surface area contributed by atoms with E-state index in [4.69, 9.17) is 0 Å². The molecule has 2 atom stereocenters. The maximum Gasteiger partial charge on any atom is 0.234 e. The molecular formula is C16H25N3O. The van der Waals surface area contributed by atoms with Crippen LogP contribution < -0.4 is 10.6 Å².